The third-order valence-electron chi connectivity index (χ3n) is 3.89. The first kappa shape index (κ1) is 12.4. The van der Waals surface area contributed by atoms with E-state index in [0.717, 1.165) is 28.6 Å². The molecule has 1 saturated carbocycles. The van der Waals surface area contributed by atoms with Gasteiger partial charge >= 0.3 is 0 Å². The van der Waals surface area contributed by atoms with Crippen LogP contribution in [-0.4, -0.2) is 17.5 Å². The lowest BCUT2D eigenvalue weighted by molar-refractivity contribution is 0.951. The Morgan fingerprint density at radius 1 is 1.21 bits per heavy atom. The maximum atomic E-state index is 9.16. The summed E-state index contributed by atoms with van der Waals surface area (Å²) in [5.74, 6) is 0. The lowest BCUT2D eigenvalue weighted by Gasteiger charge is -2.16. The van der Waals surface area contributed by atoms with E-state index in [0.29, 0.717) is 4.75 Å². The summed E-state index contributed by atoms with van der Waals surface area (Å²) in [6.07, 6.45) is 4.79. The molecular formula is C16H16N2S. The van der Waals surface area contributed by atoms with Gasteiger partial charge in [0.2, 0.25) is 0 Å². The molecular weight excluding hydrogens is 252 g/mol. The highest BCUT2D eigenvalue weighted by molar-refractivity contribution is 8.00. The number of thioether (sulfide) groups is 1. The van der Waals surface area contributed by atoms with Crippen LogP contribution in [0.15, 0.2) is 36.4 Å². The average molecular weight is 268 g/mol. The smallest absolute Gasteiger partial charge is 0.0998 e. The highest BCUT2D eigenvalue weighted by atomic mass is 32.2. The molecule has 1 fully saturated rings. The molecule has 2 nitrogen and oxygen atoms in total. The Hall–Kier alpha value is -1.66. The lowest BCUT2D eigenvalue weighted by atomic mass is 10.0. The van der Waals surface area contributed by atoms with E-state index in [4.69, 9.17) is 5.26 Å². The van der Waals surface area contributed by atoms with E-state index in [2.05, 4.69) is 23.7 Å². The lowest BCUT2D eigenvalue weighted by Crippen LogP contribution is -2.17. The van der Waals surface area contributed by atoms with Crippen molar-refractivity contribution >= 4 is 28.2 Å². The molecule has 19 heavy (non-hydrogen) atoms. The second-order valence-corrected chi connectivity index (χ2v) is 6.33. The molecule has 0 aliphatic heterocycles. The van der Waals surface area contributed by atoms with Crippen LogP contribution in [0.3, 0.4) is 0 Å². The zero-order valence-corrected chi connectivity index (χ0v) is 11.8. The van der Waals surface area contributed by atoms with E-state index in [1.54, 1.807) is 0 Å². The predicted octanol–water partition coefficient (Wildman–Crippen LogP) is 4.02. The fraction of sp³-hybridized carbons (Fsp3) is 0.312. The molecule has 0 saturated heterocycles. The van der Waals surface area contributed by atoms with Gasteiger partial charge in [-0.2, -0.15) is 17.0 Å². The van der Waals surface area contributed by atoms with Crippen molar-refractivity contribution < 1.29 is 0 Å². The number of rotatable bonds is 4. The molecule has 3 rings (SSSR count). The topological polar surface area (TPSA) is 35.8 Å². The summed E-state index contributed by atoms with van der Waals surface area (Å²) in [6.45, 7) is 1.00. The van der Waals surface area contributed by atoms with Crippen molar-refractivity contribution in [3.05, 3.63) is 42.0 Å². The van der Waals surface area contributed by atoms with Crippen LogP contribution in [0.5, 0.6) is 0 Å². The number of anilines is 1. The van der Waals surface area contributed by atoms with Gasteiger partial charge in [-0.05, 0) is 31.2 Å². The van der Waals surface area contributed by atoms with Gasteiger partial charge in [0, 0.05) is 27.8 Å². The second-order valence-electron chi connectivity index (χ2n) is 5.06. The first-order chi connectivity index (χ1) is 9.28. The van der Waals surface area contributed by atoms with Crippen LogP contribution in [0, 0.1) is 11.3 Å². The molecule has 3 heteroatoms. The van der Waals surface area contributed by atoms with Crippen molar-refractivity contribution in [3.63, 3.8) is 0 Å². The number of nitriles is 1. The summed E-state index contributed by atoms with van der Waals surface area (Å²) >= 11 is 1.96. The highest BCUT2D eigenvalue weighted by Gasteiger charge is 2.41. The van der Waals surface area contributed by atoms with Gasteiger partial charge in [-0.25, -0.2) is 0 Å². The predicted molar refractivity (Wildman–Crippen MR) is 82.6 cm³/mol. The van der Waals surface area contributed by atoms with Gasteiger partial charge in [-0.3, -0.25) is 0 Å². The van der Waals surface area contributed by atoms with Crippen LogP contribution in [0.1, 0.15) is 18.4 Å². The SMILES string of the molecule is CSC1(CNc2ccc(C#N)c3ccccc23)CC1. The first-order valence-electron chi connectivity index (χ1n) is 6.49. The van der Waals surface area contributed by atoms with Gasteiger partial charge in [-0.15, -0.1) is 0 Å². The normalized spacial score (nSPS) is 16.0. The molecule has 0 atom stereocenters. The van der Waals surface area contributed by atoms with E-state index in [1.807, 2.05) is 42.1 Å². The Labute approximate surface area is 117 Å². The zero-order valence-electron chi connectivity index (χ0n) is 10.9. The van der Waals surface area contributed by atoms with E-state index < -0.39 is 0 Å². The van der Waals surface area contributed by atoms with Crippen molar-refractivity contribution in [2.45, 2.75) is 17.6 Å². The summed E-state index contributed by atoms with van der Waals surface area (Å²) in [4.78, 5) is 0. The number of fused-ring (bicyclic) bond motifs is 1. The van der Waals surface area contributed by atoms with Crippen LogP contribution < -0.4 is 5.32 Å². The number of benzene rings is 2. The maximum absolute atomic E-state index is 9.16. The molecule has 96 valence electrons. The Morgan fingerprint density at radius 3 is 2.58 bits per heavy atom. The standard InChI is InChI=1S/C16H16N2S/c1-19-16(8-9-16)11-18-15-7-6-12(10-17)13-4-2-3-5-14(13)15/h2-7,18H,8-9,11H2,1H3. The molecule has 0 aromatic heterocycles. The Balaban J connectivity index is 1.94. The number of nitrogens with zero attached hydrogens (tertiary/aromatic N) is 1. The Kier molecular flexibility index (Phi) is 3.12. The van der Waals surface area contributed by atoms with E-state index in [-0.39, 0.29) is 0 Å². The molecule has 0 radical (unpaired) electrons. The summed E-state index contributed by atoms with van der Waals surface area (Å²) in [5.41, 5.74) is 1.88. The van der Waals surface area contributed by atoms with Crippen LogP contribution in [-0.2, 0) is 0 Å². The van der Waals surface area contributed by atoms with Crippen LogP contribution in [0.4, 0.5) is 5.69 Å². The molecule has 0 heterocycles. The Morgan fingerprint density at radius 2 is 1.95 bits per heavy atom. The quantitative estimate of drug-likeness (QED) is 0.909. The van der Waals surface area contributed by atoms with Crippen LogP contribution in [0.2, 0.25) is 0 Å². The van der Waals surface area contributed by atoms with Crippen molar-refractivity contribution in [1.82, 2.24) is 0 Å². The summed E-state index contributed by atoms with van der Waals surface area (Å²) in [6, 6.07) is 14.3. The fourth-order valence-electron chi connectivity index (χ4n) is 2.40. The van der Waals surface area contributed by atoms with Crippen LogP contribution in [0.25, 0.3) is 10.8 Å². The number of nitrogens with one attached hydrogen (secondary N) is 1. The molecule has 1 aliphatic carbocycles. The van der Waals surface area contributed by atoms with E-state index >= 15 is 0 Å². The zero-order chi connectivity index (χ0) is 13.3. The van der Waals surface area contributed by atoms with Gasteiger partial charge in [0.15, 0.2) is 0 Å². The van der Waals surface area contributed by atoms with Crippen molar-refractivity contribution in [2.75, 3.05) is 18.1 Å². The molecule has 0 bridgehead atoms. The summed E-state index contributed by atoms with van der Waals surface area (Å²) in [5, 5.41) is 14.9. The minimum Gasteiger partial charge on any atom is -0.383 e. The molecule has 2 aromatic rings. The van der Waals surface area contributed by atoms with Gasteiger partial charge in [-0.1, -0.05) is 24.3 Å². The molecule has 0 spiro atoms. The number of hydrogen-bond acceptors (Lipinski definition) is 3. The van der Waals surface area contributed by atoms with Crippen molar-refractivity contribution in [3.8, 4) is 6.07 Å². The monoisotopic (exact) mass is 268 g/mol. The number of hydrogen-bond donors (Lipinski definition) is 1. The maximum Gasteiger partial charge on any atom is 0.0998 e. The van der Waals surface area contributed by atoms with E-state index in [9.17, 15) is 0 Å². The largest absolute Gasteiger partial charge is 0.383 e. The second kappa shape index (κ2) is 4.79. The summed E-state index contributed by atoms with van der Waals surface area (Å²) in [7, 11) is 0. The molecule has 1 N–H and O–H groups in total. The van der Waals surface area contributed by atoms with Gasteiger partial charge < -0.3 is 5.32 Å². The third-order valence-corrected chi connectivity index (χ3v) is 5.30. The fourth-order valence-corrected chi connectivity index (χ4v) is 3.13. The first-order valence-corrected chi connectivity index (χ1v) is 7.71. The van der Waals surface area contributed by atoms with Gasteiger partial charge in [0.1, 0.15) is 0 Å². The van der Waals surface area contributed by atoms with Gasteiger partial charge in [0.25, 0.3) is 0 Å². The van der Waals surface area contributed by atoms with Crippen LogP contribution >= 0.6 is 11.8 Å². The third kappa shape index (κ3) is 2.29. The Bertz CT molecular complexity index is 653. The summed E-state index contributed by atoms with van der Waals surface area (Å²) < 4.78 is 0.439. The molecule has 0 unspecified atom stereocenters. The highest BCUT2D eigenvalue weighted by Crippen LogP contribution is 2.47. The molecule has 0 amide bonds. The van der Waals surface area contributed by atoms with Crippen molar-refractivity contribution in [2.24, 2.45) is 0 Å². The van der Waals surface area contributed by atoms with Crippen molar-refractivity contribution in [1.29, 1.82) is 5.26 Å². The molecule has 2 aromatic carbocycles. The molecule has 1 aliphatic rings. The minimum atomic E-state index is 0.439. The minimum absolute atomic E-state index is 0.439. The average Bonchev–Trinajstić information content (AvgIpc) is 3.25. The van der Waals surface area contributed by atoms with Gasteiger partial charge in [0.05, 0.1) is 11.6 Å². The van der Waals surface area contributed by atoms with E-state index in [1.165, 1.54) is 12.8 Å².